The van der Waals surface area contributed by atoms with Crippen molar-refractivity contribution in [3.63, 3.8) is 0 Å². The third-order valence-corrected chi connectivity index (χ3v) is 8.16. The first-order valence-electron chi connectivity index (χ1n) is 15.2. The fourth-order valence-electron chi connectivity index (χ4n) is 5.17. The van der Waals surface area contributed by atoms with E-state index in [4.69, 9.17) is 8.75 Å². The molecule has 0 saturated carbocycles. The molecule has 0 atom stereocenters. The van der Waals surface area contributed by atoms with Crippen molar-refractivity contribution in [1.82, 2.24) is 8.75 Å². The molecule has 4 rings (SSSR count). The quantitative estimate of drug-likeness (QED) is 0.141. The second-order valence-corrected chi connectivity index (χ2v) is 11.1. The van der Waals surface area contributed by atoms with E-state index in [1.165, 1.54) is 85.6 Å². The van der Waals surface area contributed by atoms with Gasteiger partial charge < -0.3 is 9.80 Å². The third-order valence-electron chi connectivity index (χ3n) is 7.63. The van der Waals surface area contributed by atoms with Crippen molar-refractivity contribution in [2.24, 2.45) is 0 Å². The smallest absolute Gasteiger partial charge is 0.113 e. The van der Waals surface area contributed by atoms with Crippen LogP contribution in [0.1, 0.15) is 79.1 Å². The van der Waals surface area contributed by atoms with Crippen LogP contribution in [0.4, 0.5) is 11.4 Å². The summed E-state index contributed by atoms with van der Waals surface area (Å²) in [4.78, 5) is 5.07. The van der Waals surface area contributed by atoms with Crippen LogP contribution in [0.3, 0.4) is 0 Å². The van der Waals surface area contributed by atoms with Gasteiger partial charge in [0.2, 0.25) is 0 Å². The van der Waals surface area contributed by atoms with Gasteiger partial charge in [0.25, 0.3) is 0 Å². The summed E-state index contributed by atoms with van der Waals surface area (Å²) < 4.78 is 9.49. The van der Waals surface area contributed by atoms with E-state index in [0.29, 0.717) is 0 Å². The number of hydrogen-bond donors (Lipinski definition) is 0. The van der Waals surface area contributed by atoms with Crippen molar-refractivity contribution in [3.8, 4) is 22.3 Å². The maximum Gasteiger partial charge on any atom is 0.113 e. The molecule has 0 aliphatic heterocycles. The van der Waals surface area contributed by atoms with Crippen LogP contribution in [-0.2, 0) is 0 Å². The first-order chi connectivity index (χ1) is 19.2. The first-order valence-corrected chi connectivity index (χ1v) is 15.9. The molecule has 0 saturated heterocycles. The average Bonchev–Trinajstić information content (AvgIpc) is 3.48. The number of aromatic nitrogens is 2. The minimum Gasteiger partial charge on any atom is -0.372 e. The van der Waals surface area contributed by atoms with Crippen molar-refractivity contribution in [3.05, 3.63) is 60.7 Å². The lowest BCUT2D eigenvalue weighted by atomic mass is 9.97. The molecule has 4 nitrogen and oxygen atoms in total. The Kier molecular flexibility index (Phi) is 11.2. The van der Waals surface area contributed by atoms with Gasteiger partial charge in [0.1, 0.15) is 11.0 Å². The van der Waals surface area contributed by atoms with Crippen molar-refractivity contribution >= 4 is 34.1 Å². The Morgan fingerprint density at radius 3 is 1.13 bits per heavy atom. The van der Waals surface area contributed by atoms with Gasteiger partial charge in [-0.25, -0.2) is 0 Å². The summed E-state index contributed by atoms with van der Waals surface area (Å²) in [5.74, 6) is 0. The molecule has 0 amide bonds. The predicted molar refractivity (Wildman–Crippen MR) is 172 cm³/mol. The van der Waals surface area contributed by atoms with Gasteiger partial charge in [-0.2, -0.15) is 8.75 Å². The lowest BCUT2D eigenvalue weighted by Gasteiger charge is -2.25. The van der Waals surface area contributed by atoms with E-state index in [0.717, 1.165) is 48.3 Å². The number of rotatable bonds is 16. The molecule has 0 bridgehead atoms. The Morgan fingerprint density at radius 2 is 0.821 bits per heavy atom. The van der Waals surface area contributed by atoms with Gasteiger partial charge in [0.05, 0.1) is 11.7 Å². The number of fused-ring (bicyclic) bond motifs is 1. The Labute approximate surface area is 240 Å². The predicted octanol–water partition coefficient (Wildman–Crippen LogP) is 9.84. The third kappa shape index (κ3) is 7.39. The fraction of sp³-hybridized carbons (Fsp3) is 0.471. The van der Waals surface area contributed by atoms with E-state index in [1.807, 2.05) is 0 Å². The Hall–Kier alpha value is -2.92. The highest BCUT2D eigenvalue weighted by Crippen LogP contribution is 2.36. The van der Waals surface area contributed by atoms with Crippen LogP contribution < -0.4 is 9.80 Å². The van der Waals surface area contributed by atoms with E-state index in [2.05, 4.69) is 98.2 Å². The summed E-state index contributed by atoms with van der Waals surface area (Å²) in [6, 6.07) is 22.6. The zero-order valence-corrected chi connectivity index (χ0v) is 25.3. The maximum atomic E-state index is 4.74. The zero-order chi connectivity index (χ0) is 27.5. The van der Waals surface area contributed by atoms with E-state index in [1.54, 1.807) is 0 Å². The summed E-state index contributed by atoms with van der Waals surface area (Å²) in [6.45, 7) is 13.6. The second kappa shape index (κ2) is 15.0. The van der Waals surface area contributed by atoms with Crippen molar-refractivity contribution in [2.75, 3.05) is 36.0 Å². The summed E-state index contributed by atoms with van der Waals surface area (Å²) in [6.07, 6.45) is 9.81. The van der Waals surface area contributed by atoms with Gasteiger partial charge in [-0.05, 0) is 61.1 Å². The Morgan fingerprint density at radius 1 is 0.487 bits per heavy atom. The molecule has 1 heterocycles. The maximum absolute atomic E-state index is 4.74. The lowest BCUT2D eigenvalue weighted by Crippen LogP contribution is -2.25. The van der Waals surface area contributed by atoms with Crippen LogP contribution >= 0.6 is 11.7 Å². The van der Waals surface area contributed by atoms with E-state index >= 15 is 0 Å². The summed E-state index contributed by atoms with van der Waals surface area (Å²) in [5.41, 5.74) is 9.34. The molecule has 0 aliphatic rings. The summed E-state index contributed by atoms with van der Waals surface area (Å²) in [5, 5.41) is 0. The Balaban J connectivity index is 1.58. The first kappa shape index (κ1) is 29.1. The topological polar surface area (TPSA) is 32.3 Å². The molecule has 208 valence electrons. The van der Waals surface area contributed by atoms with Crippen LogP contribution in [0.15, 0.2) is 60.7 Å². The SMILES string of the molecule is CCCCN(CCCC)c1ccc(-c2ccc(-c3ccc(N(CCCC)CCCC)cc3)c3nsnc23)cc1. The molecule has 1 aromatic heterocycles. The number of anilines is 2. The summed E-state index contributed by atoms with van der Waals surface area (Å²) in [7, 11) is 0. The molecule has 39 heavy (non-hydrogen) atoms. The highest BCUT2D eigenvalue weighted by molar-refractivity contribution is 7.00. The second-order valence-electron chi connectivity index (χ2n) is 10.6. The molecule has 5 heteroatoms. The summed E-state index contributed by atoms with van der Waals surface area (Å²) >= 11 is 1.31. The molecule has 0 radical (unpaired) electrons. The van der Waals surface area contributed by atoms with Gasteiger partial charge in [0.15, 0.2) is 0 Å². The van der Waals surface area contributed by atoms with E-state index in [-0.39, 0.29) is 0 Å². The van der Waals surface area contributed by atoms with Crippen LogP contribution in [0.25, 0.3) is 33.3 Å². The van der Waals surface area contributed by atoms with Gasteiger partial charge in [-0.15, -0.1) is 0 Å². The lowest BCUT2D eigenvalue weighted by molar-refractivity contribution is 0.678. The monoisotopic (exact) mass is 542 g/mol. The standard InChI is InChI=1S/C34H46N4S/c1-5-9-23-37(24-10-6-2)29-17-13-27(14-18-29)31-21-22-32(34-33(31)35-39-36-34)28-15-19-30(20-16-28)38(25-11-7-3)26-12-8-4/h13-22H,5-12,23-26H2,1-4H3. The molecule has 0 spiro atoms. The Bertz CT molecular complexity index is 1150. The van der Waals surface area contributed by atoms with Gasteiger partial charge in [-0.3, -0.25) is 0 Å². The minimum atomic E-state index is 0.996. The molecule has 4 aromatic rings. The number of hydrogen-bond acceptors (Lipinski definition) is 5. The van der Waals surface area contributed by atoms with Gasteiger partial charge in [0, 0.05) is 48.7 Å². The van der Waals surface area contributed by atoms with Gasteiger partial charge >= 0.3 is 0 Å². The molecular formula is C34H46N4S. The number of nitrogens with zero attached hydrogens (tertiary/aromatic N) is 4. The van der Waals surface area contributed by atoms with Crippen molar-refractivity contribution < 1.29 is 0 Å². The van der Waals surface area contributed by atoms with Crippen LogP contribution in [-0.4, -0.2) is 34.9 Å². The van der Waals surface area contributed by atoms with Crippen molar-refractivity contribution in [2.45, 2.75) is 79.1 Å². The van der Waals surface area contributed by atoms with Gasteiger partial charge in [-0.1, -0.05) is 89.8 Å². The van der Waals surface area contributed by atoms with E-state index in [9.17, 15) is 0 Å². The minimum absolute atomic E-state index is 0.996. The zero-order valence-electron chi connectivity index (χ0n) is 24.5. The molecule has 0 unspecified atom stereocenters. The normalized spacial score (nSPS) is 11.3. The fourth-order valence-corrected chi connectivity index (χ4v) is 5.75. The van der Waals surface area contributed by atoms with Crippen molar-refractivity contribution in [1.29, 1.82) is 0 Å². The molecule has 3 aromatic carbocycles. The molecule has 0 N–H and O–H groups in total. The molecule has 0 aliphatic carbocycles. The number of unbranched alkanes of at least 4 members (excludes halogenated alkanes) is 4. The highest BCUT2D eigenvalue weighted by atomic mass is 32.1. The average molecular weight is 543 g/mol. The number of benzene rings is 3. The van der Waals surface area contributed by atoms with Crippen LogP contribution in [0, 0.1) is 0 Å². The highest BCUT2D eigenvalue weighted by Gasteiger charge is 2.15. The van der Waals surface area contributed by atoms with E-state index < -0.39 is 0 Å². The van der Waals surface area contributed by atoms with Crippen LogP contribution in [0.2, 0.25) is 0 Å². The largest absolute Gasteiger partial charge is 0.372 e. The van der Waals surface area contributed by atoms with Crippen LogP contribution in [0.5, 0.6) is 0 Å². The molecule has 0 fully saturated rings. The molecular weight excluding hydrogens is 496 g/mol.